The molecule has 1 aromatic carbocycles. The Kier molecular flexibility index (Phi) is 3.57. The van der Waals surface area contributed by atoms with E-state index in [1.165, 1.54) is 18.2 Å². The Morgan fingerprint density at radius 2 is 2.15 bits per heavy atom. The van der Waals surface area contributed by atoms with Gasteiger partial charge >= 0.3 is 0 Å². The van der Waals surface area contributed by atoms with Gasteiger partial charge in [0.15, 0.2) is 0 Å². The fourth-order valence-corrected chi connectivity index (χ4v) is 2.67. The average Bonchev–Trinajstić information content (AvgIpc) is 2.95. The second-order valence-corrected chi connectivity index (χ2v) is 5.95. The molecule has 4 heteroatoms. The van der Waals surface area contributed by atoms with E-state index < -0.39 is 6.10 Å². The third kappa shape index (κ3) is 2.74. The van der Waals surface area contributed by atoms with Gasteiger partial charge in [0.1, 0.15) is 23.4 Å². The Hall–Kier alpha value is -1.32. The largest absolute Gasteiger partial charge is 0.463 e. The molecule has 3 rings (SSSR count). The molecule has 3 unspecified atom stereocenters. The van der Waals surface area contributed by atoms with Crippen LogP contribution in [0.5, 0.6) is 0 Å². The highest BCUT2D eigenvalue weighted by Gasteiger charge is 2.36. The number of hydrogen-bond acceptors (Lipinski definition) is 2. The van der Waals surface area contributed by atoms with Crippen LogP contribution in [0.3, 0.4) is 0 Å². The summed E-state index contributed by atoms with van der Waals surface area (Å²) in [5.41, 5.74) is 0.391. The predicted octanol–water partition coefficient (Wildman–Crippen LogP) is 4.47. The summed E-state index contributed by atoms with van der Waals surface area (Å²) in [6.07, 6.45) is 0.428. The lowest BCUT2D eigenvalue weighted by molar-refractivity contribution is 0.147. The van der Waals surface area contributed by atoms with Gasteiger partial charge in [-0.2, -0.15) is 0 Å². The molecule has 20 heavy (non-hydrogen) atoms. The Morgan fingerprint density at radius 1 is 1.40 bits per heavy atom. The molecule has 1 heterocycles. The molecule has 1 saturated carbocycles. The predicted molar refractivity (Wildman–Crippen MR) is 75.3 cm³/mol. The number of aliphatic hydroxyl groups excluding tert-OH is 1. The summed E-state index contributed by atoms with van der Waals surface area (Å²) >= 11 is 5.84. The van der Waals surface area contributed by atoms with Crippen molar-refractivity contribution in [1.82, 2.24) is 0 Å². The van der Waals surface area contributed by atoms with Crippen LogP contribution in [0.1, 0.15) is 42.5 Å². The number of halogens is 2. The second-order valence-electron chi connectivity index (χ2n) is 5.52. The molecule has 1 fully saturated rings. The van der Waals surface area contributed by atoms with Crippen molar-refractivity contribution in [2.45, 2.75) is 31.8 Å². The van der Waals surface area contributed by atoms with Crippen molar-refractivity contribution in [2.75, 3.05) is 0 Å². The van der Waals surface area contributed by atoms with Gasteiger partial charge in [0.25, 0.3) is 0 Å². The van der Waals surface area contributed by atoms with Crippen LogP contribution in [0.25, 0.3) is 0 Å². The lowest BCUT2D eigenvalue weighted by Gasteiger charge is -2.09. The Balaban J connectivity index is 1.74. The van der Waals surface area contributed by atoms with Crippen molar-refractivity contribution in [1.29, 1.82) is 0 Å². The molecule has 0 aliphatic heterocycles. The molecule has 3 atom stereocenters. The summed E-state index contributed by atoms with van der Waals surface area (Å²) in [5, 5.41) is 10.6. The lowest BCUT2D eigenvalue weighted by Crippen LogP contribution is -2.02. The summed E-state index contributed by atoms with van der Waals surface area (Å²) < 4.78 is 19.3. The van der Waals surface area contributed by atoms with Crippen molar-refractivity contribution in [3.8, 4) is 0 Å². The normalized spacial score (nSPS) is 22.8. The zero-order valence-electron chi connectivity index (χ0n) is 11.1. The quantitative estimate of drug-likeness (QED) is 0.902. The molecule has 0 amide bonds. The highest BCUT2D eigenvalue weighted by molar-refractivity contribution is 6.30. The minimum atomic E-state index is -0.856. The first-order chi connectivity index (χ1) is 9.54. The maximum absolute atomic E-state index is 13.6. The van der Waals surface area contributed by atoms with Gasteiger partial charge < -0.3 is 9.52 Å². The SMILES string of the molecule is CC1CC1c1ccc(C(O)Cc2cc(Cl)ccc2F)o1. The van der Waals surface area contributed by atoms with E-state index in [1.54, 1.807) is 6.07 Å². The molecular weight excluding hydrogens is 279 g/mol. The van der Waals surface area contributed by atoms with E-state index >= 15 is 0 Å². The van der Waals surface area contributed by atoms with Gasteiger partial charge in [-0.1, -0.05) is 18.5 Å². The number of aliphatic hydroxyl groups is 1. The summed E-state index contributed by atoms with van der Waals surface area (Å²) in [4.78, 5) is 0. The molecule has 106 valence electrons. The van der Waals surface area contributed by atoms with Gasteiger partial charge in [-0.05, 0) is 48.2 Å². The second kappa shape index (κ2) is 5.23. The van der Waals surface area contributed by atoms with Crippen LogP contribution in [-0.4, -0.2) is 5.11 Å². The van der Waals surface area contributed by atoms with Crippen LogP contribution < -0.4 is 0 Å². The highest BCUT2D eigenvalue weighted by atomic mass is 35.5. The molecular formula is C16H16ClFO2. The minimum absolute atomic E-state index is 0.152. The Labute approximate surface area is 122 Å². The average molecular weight is 295 g/mol. The fourth-order valence-electron chi connectivity index (χ4n) is 2.47. The topological polar surface area (TPSA) is 33.4 Å². The van der Waals surface area contributed by atoms with Crippen molar-refractivity contribution >= 4 is 11.6 Å². The molecule has 0 saturated heterocycles. The first-order valence-electron chi connectivity index (χ1n) is 6.76. The monoisotopic (exact) mass is 294 g/mol. The molecule has 0 spiro atoms. The van der Waals surface area contributed by atoms with Crippen LogP contribution >= 0.6 is 11.6 Å². The number of rotatable bonds is 4. The first kappa shape index (κ1) is 13.7. The van der Waals surface area contributed by atoms with Gasteiger partial charge in [0.05, 0.1) is 0 Å². The fraction of sp³-hybridized carbons (Fsp3) is 0.375. The third-order valence-corrected chi connectivity index (χ3v) is 4.11. The van der Waals surface area contributed by atoms with E-state index in [1.807, 2.05) is 6.07 Å². The van der Waals surface area contributed by atoms with E-state index in [-0.39, 0.29) is 12.2 Å². The van der Waals surface area contributed by atoms with Gasteiger partial charge in [-0.3, -0.25) is 0 Å². The summed E-state index contributed by atoms with van der Waals surface area (Å²) in [6, 6.07) is 8.01. The van der Waals surface area contributed by atoms with E-state index in [0.29, 0.717) is 28.2 Å². The molecule has 1 aliphatic carbocycles. The van der Waals surface area contributed by atoms with Crippen molar-refractivity contribution in [3.05, 3.63) is 58.3 Å². The molecule has 1 N–H and O–H groups in total. The van der Waals surface area contributed by atoms with Gasteiger partial charge in [-0.25, -0.2) is 4.39 Å². The Morgan fingerprint density at radius 3 is 2.85 bits per heavy atom. The minimum Gasteiger partial charge on any atom is -0.463 e. The van der Waals surface area contributed by atoms with Gasteiger partial charge in [0, 0.05) is 17.4 Å². The van der Waals surface area contributed by atoms with Crippen LogP contribution in [0, 0.1) is 11.7 Å². The van der Waals surface area contributed by atoms with Crippen LogP contribution in [0.2, 0.25) is 5.02 Å². The number of hydrogen-bond donors (Lipinski definition) is 1. The number of benzene rings is 1. The number of furan rings is 1. The van der Waals surface area contributed by atoms with E-state index in [0.717, 1.165) is 12.2 Å². The molecule has 0 radical (unpaired) electrons. The summed E-state index contributed by atoms with van der Waals surface area (Å²) in [6.45, 7) is 2.17. The van der Waals surface area contributed by atoms with Crippen molar-refractivity contribution in [3.63, 3.8) is 0 Å². The molecule has 1 aliphatic rings. The van der Waals surface area contributed by atoms with Crippen LogP contribution in [0.4, 0.5) is 4.39 Å². The molecule has 0 bridgehead atoms. The van der Waals surface area contributed by atoms with E-state index in [2.05, 4.69) is 6.92 Å². The van der Waals surface area contributed by atoms with Crippen molar-refractivity contribution < 1.29 is 13.9 Å². The van der Waals surface area contributed by atoms with Crippen LogP contribution in [0.15, 0.2) is 34.7 Å². The third-order valence-electron chi connectivity index (χ3n) is 3.87. The highest BCUT2D eigenvalue weighted by Crippen LogP contribution is 2.47. The lowest BCUT2D eigenvalue weighted by atomic mass is 10.1. The Bertz CT molecular complexity index is 623. The van der Waals surface area contributed by atoms with Gasteiger partial charge in [-0.15, -0.1) is 0 Å². The van der Waals surface area contributed by atoms with Crippen LogP contribution in [-0.2, 0) is 6.42 Å². The summed E-state index contributed by atoms with van der Waals surface area (Å²) in [5.74, 6) is 2.16. The zero-order chi connectivity index (χ0) is 14.3. The standard InChI is InChI=1S/C16H16ClFO2/c1-9-6-12(9)15-4-5-16(20-15)14(19)8-10-7-11(17)2-3-13(10)18/h2-5,7,9,12,14,19H,6,8H2,1H3. The van der Waals surface area contributed by atoms with Gasteiger partial charge in [0.2, 0.25) is 0 Å². The maximum Gasteiger partial charge on any atom is 0.133 e. The van der Waals surface area contributed by atoms with E-state index in [4.69, 9.17) is 16.0 Å². The van der Waals surface area contributed by atoms with E-state index in [9.17, 15) is 9.50 Å². The smallest absolute Gasteiger partial charge is 0.133 e. The zero-order valence-corrected chi connectivity index (χ0v) is 11.9. The molecule has 1 aromatic heterocycles. The molecule has 2 aromatic rings. The molecule has 2 nitrogen and oxygen atoms in total. The van der Waals surface area contributed by atoms with Crippen molar-refractivity contribution in [2.24, 2.45) is 5.92 Å². The first-order valence-corrected chi connectivity index (χ1v) is 7.14. The maximum atomic E-state index is 13.6. The summed E-state index contributed by atoms with van der Waals surface area (Å²) in [7, 11) is 0.